The summed E-state index contributed by atoms with van der Waals surface area (Å²) < 4.78 is 16.2. The lowest BCUT2D eigenvalue weighted by atomic mass is 10.1. The molecule has 1 aliphatic rings. The number of H-pyrrole nitrogens is 1. The molecule has 0 amide bonds. The molecule has 3 atom stereocenters. The Morgan fingerprint density at radius 3 is 2.76 bits per heavy atom. The van der Waals surface area contributed by atoms with E-state index in [-0.39, 0.29) is 17.0 Å². The highest BCUT2D eigenvalue weighted by Crippen LogP contribution is 2.40. The predicted octanol–water partition coefficient (Wildman–Crippen LogP) is 3.24. The number of anilines is 1. The predicted molar refractivity (Wildman–Crippen MR) is 124 cm³/mol. The highest BCUT2D eigenvalue weighted by Gasteiger charge is 2.43. The van der Waals surface area contributed by atoms with Crippen LogP contribution in [-0.4, -0.2) is 45.0 Å². The van der Waals surface area contributed by atoms with Crippen molar-refractivity contribution in [3.8, 4) is 5.69 Å². The molecule has 1 aliphatic heterocycles. The maximum Gasteiger partial charge on any atom is 0.268 e. The van der Waals surface area contributed by atoms with E-state index in [9.17, 15) is 9.18 Å². The van der Waals surface area contributed by atoms with Gasteiger partial charge in [-0.05, 0) is 29.8 Å². The highest BCUT2D eigenvalue weighted by atomic mass is 28.2. The molecule has 2 radical (unpaired) electrons. The molecule has 2 unspecified atom stereocenters. The minimum absolute atomic E-state index is 0.000265. The molecule has 0 saturated carbocycles. The van der Waals surface area contributed by atoms with Crippen LogP contribution in [0.5, 0.6) is 0 Å². The van der Waals surface area contributed by atoms with Crippen molar-refractivity contribution in [2.45, 2.75) is 24.0 Å². The number of fused-ring (bicyclic) bond motifs is 2. The second kappa shape index (κ2) is 7.59. The normalized spacial score (nSPS) is 20.1. The summed E-state index contributed by atoms with van der Waals surface area (Å²) >= 11 is 0. The third kappa shape index (κ3) is 3.13. The van der Waals surface area contributed by atoms with E-state index in [1.807, 2.05) is 30.3 Å². The average Bonchev–Trinajstić information content (AvgIpc) is 3.31. The first kappa shape index (κ1) is 19.7. The number of aromatic amines is 1. The van der Waals surface area contributed by atoms with Crippen LogP contribution in [0.4, 0.5) is 10.2 Å². The van der Waals surface area contributed by atoms with Gasteiger partial charge in [0.15, 0.2) is 11.5 Å². The first-order valence-corrected chi connectivity index (χ1v) is 11.7. The zero-order valence-electron chi connectivity index (χ0n) is 17.5. The van der Waals surface area contributed by atoms with E-state index in [2.05, 4.69) is 32.2 Å². The fraction of sp³-hybridized carbons (Fsp3) is 0.174. The van der Waals surface area contributed by atoms with Gasteiger partial charge in [-0.25, -0.2) is 24.3 Å². The third-order valence-electron chi connectivity index (χ3n) is 6.03. The first-order chi connectivity index (χ1) is 16.1. The number of imidazole rings is 1. The summed E-state index contributed by atoms with van der Waals surface area (Å²) in [6.07, 6.45) is 3.06. The molecule has 3 aromatic heterocycles. The molecule has 0 spiro atoms. The van der Waals surface area contributed by atoms with E-state index in [4.69, 9.17) is 4.98 Å². The molecule has 4 heterocycles. The molecule has 162 valence electrons. The Labute approximate surface area is 189 Å². The molecular weight excluding hydrogens is 437 g/mol. The summed E-state index contributed by atoms with van der Waals surface area (Å²) in [5.41, 5.74) is 2.23. The SMILES string of the molecule is CC1[Si]C(c2nc3cccc(F)c3c(=O)n2-c2ccccc2)[C@H]1Nc1ncnc2nc[nH]c12. The van der Waals surface area contributed by atoms with E-state index < -0.39 is 11.4 Å². The van der Waals surface area contributed by atoms with Crippen molar-refractivity contribution >= 4 is 37.4 Å². The van der Waals surface area contributed by atoms with Crippen molar-refractivity contribution < 1.29 is 4.39 Å². The molecule has 0 bridgehead atoms. The van der Waals surface area contributed by atoms with Crippen LogP contribution in [0.1, 0.15) is 18.3 Å². The Balaban J connectivity index is 1.50. The second-order valence-corrected chi connectivity index (χ2v) is 9.87. The van der Waals surface area contributed by atoms with Crippen LogP contribution in [0.15, 0.2) is 66.0 Å². The number of hydrogen-bond donors (Lipinski definition) is 2. The molecule has 1 saturated heterocycles. The fourth-order valence-electron chi connectivity index (χ4n) is 4.38. The van der Waals surface area contributed by atoms with Crippen LogP contribution in [0.3, 0.4) is 0 Å². The quantitative estimate of drug-likeness (QED) is 0.404. The molecule has 33 heavy (non-hydrogen) atoms. The number of halogens is 1. The molecule has 2 N–H and O–H groups in total. The Morgan fingerprint density at radius 1 is 1.09 bits per heavy atom. The average molecular weight is 456 g/mol. The monoisotopic (exact) mass is 455 g/mol. The maximum absolute atomic E-state index is 14.6. The van der Waals surface area contributed by atoms with Crippen molar-refractivity contribution in [3.05, 3.63) is 83.2 Å². The number of aromatic nitrogens is 6. The molecule has 8 nitrogen and oxygen atoms in total. The second-order valence-electron chi connectivity index (χ2n) is 8.01. The number of para-hydroxylation sites is 1. The van der Waals surface area contributed by atoms with Gasteiger partial charge in [0, 0.05) is 11.6 Å². The van der Waals surface area contributed by atoms with Crippen molar-refractivity contribution in [2.75, 3.05) is 5.32 Å². The molecule has 0 aliphatic carbocycles. The van der Waals surface area contributed by atoms with Gasteiger partial charge < -0.3 is 10.3 Å². The van der Waals surface area contributed by atoms with E-state index in [0.717, 1.165) is 5.52 Å². The van der Waals surface area contributed by atoms with Gasteiger partial charge in [0.1, 0.15) is 28.9 Å². The zero-order chi connectivity index (χ0) is 22.5. The summed E-state index contributed by atoms with van der Waals surface area (Å²) in [7, 11) is 0.538. The van der Waals surface area contributed by atoms with Crippen molar-refractivity contribution in [1.29, 1.82) is 0 Å². The van der Waals surface area contributed by atoms with E-state index in [1.165, 1.54) is 12.4 Å². The van der Waals surface area contributed by atoms with Crippen molar-refractivity contribution in [2.24, 2.45) is 0 Å². The third-order valence-corrected chi connectivity index (χ3v) is 7.89. The van der Waals surface area contributed by atoms with E-state index >= 15 is 0 Å². The van der Waals surface area contributed by atoms with Crippen LogP contribution in [0.25, 0.3) is 27.8 Å². The largest absolute Gasteiger partial charge is 0.365 e. The molecule has 2 aromatic carbocycles. The Kier molecular flexibility index (Phi) is 4.54. The van der Waals surface area contributed by atoms with E-state index in [0.29, 0.717) is 43.6 Å². The highest BCUT2D eigenvalue weighted by molar-refractivity contribution is 6.45. The minimum atomic E-state index is -0.567. The Morgan fingerprint density at radius 2 is 1.94 bits per heavy atom. The summed E-state index contributed by atoms with van der Waals surface area (Å²) in [5, 5.41) is 3.52. The first-order valence-electron chi connectivity index (χ1n) is 10.5. The van der Waals surface area contributed by atoms with Gasteiger partial charge in [-0.3, -0.25) is 9.36 Å². The minimum Gasteiger partial charge on any atom is -0.365 e. The van der Waals surface area contributed by atoms with Gasteiger partial charge in [0.25, 0.3) is 5.56 Å². The van der Waals surface area contributed by atoms with Crippen LogP contribution in [0.2, 0.25) is 5.54 Å². The lowest BCUT2D eigenvalue weighted by Gasteiger charge is -2.43. The number of hydrogen-bond acceptors (Lipinski definition) is 6. The standard InChI is InChI=1S/C23H18FN7OSi/c1-12-17(30-21-18-20(26-10-25-18)27-11-28-21)19(33-12)22-29-15-9-5-8-14(24)16(15)23(32)31(22)13-6-3-2-4-7-13/h2-12,17,19H,1H3,(H2,25,26,27,28,30)/t12?,17-,19?/m0/s1. The lowest BCUT2D eigenvalue weighted by Crippen LogP contribution is -2.50. The van der Waals surface area contributed by atoms with Crippen LogP contribution in [-0.2, 0) is 0 Å². The molecular formula is C23H18FN7OSi. The van der Waals surface area contributed by atoms with Crippen LogP contribution >= 0.6 is 0 Å². The van der Waals surface area contributed by atoms with Crippen LogP contribution in [0, 0.1) is 5.82 Å². The summed E-state index contributed by atoms with van der Waals surface area (Å²) in [4.78, 5) is 34.2. The number of benzene rings is 2. The van der Waals surface area contributed by atoms with Crippen molar-refractivity contribution in [1.82, 2.24) is 29.5 Å². The Hall–Kier alpha value is -3.92. The lowest BCUT2D eigenvalue weighted by molar-refractivity contribution is 0.548. The molecule has 10 heteroatoms. The fourth-order valence-corrected chi connectivity index (χ4v) is 6.02. The number of nitrogens with zero attached hydrogens (tertiary/aromatic N) is 5. The van der Waals surface area contributed by atoms with Gasteiger partial charge in [0.2, 0.25) is 0 Å². The van der Waals surface area contributed by atoms with Gasteiger partial charge in [-0.2, -0.15) is 0 Å². The van der Waals surface area contributed by atoms with Crippen LogP contribution < -0.4 is 10.9 Å². The van der Waals surface area contributed by atoms with Gasteiger partial charge >= 0.3 is 0 Å². The smallest absolute Gasteiger partial charge is 0.268 e. The molecule has 1 fully saturated rings. The topological polar surface area (TPSA) is 101 Å². The van der Waals surface area contributed by atoms with Gasteiger partial charge in [-0.15, -0.1) is 0 Å². The number of nitrogens with one attached hydrogen (secondary N) is 2. The van der Waals surface area contributed by atoms with Crippen molar-refractivity contribution in [3.63, 3.8) is 0 Å². The number of rotatable bonds is 4. The summed E-state index contributed by atoms with van der Waals surface area (Å²) in [6, 6.07) is 13.8. The molecule has 6 rings (SSSR count). The van der Waals surface area contributed by atoms with Gasteiger partial charge in [-0.1, -0.05) is 31.2 Å². The van der Waals surface area contributed by atoms with Gasteiger partial charge in [0.05, 0.1) is 27.1 Å². The Bertz CT molecular complexity index is 1550. The summed E-state index contributed by atoms with van der Waals surface area (Å²) in [6.45, 7) is 2.16. The van der Waals surface area contributed by atoms with E-state index in [1.54, 1.807) is 23.0 Å². The molecule has 5 aromatic rings. The summed E-state index contributed by atoms with van der Waals surface area (Å²) in [5.74, 6) is 0.709. The maximum atomic E-state index is 14.6. The zero-order valence-corrected chi connectivity index (χ0v) is 18.5.